The molecule has 1 aliphatic carbocycles. The Hall–Kier alpha value is -6.50. The highest BCUT2D eigenvalue weighted by Crippen LogP contribution is 2.49. The van der Waals surface area contributed by atoms with Gasteiger partial charge in [-0.3, -0.25) is 0 Å². The molecule has 11 rings (SSSR count). The minimum Gasteiger partial charge on any atom is -0.0619 e. The van der Waals surface area contributed by atoms with Crippen LogP contribution in [0.25, 0.3) is 98.4 Å². The lowest BCUT2D eigenvalue weighted by molar-refractivity contribution is 0.660. The molecule has 53 heavy (non-hydrogen) atoms. The number of benzene rings is 10. The van der Waals surface area contributed by atoms with Crippen molar-refractivity contribution >= 4 is 53.9 Å². The van der Waals surface area contributed by atoms with Crippen LogP contribution in [0.1, 0.15) is 25.0 Å². The van der Waals surface area contributed by atoms with E-state index in [0.29, 0.717) is 0 Å². The molecule has 0 amide bonds. The monoisotopic (exact) mass is 672 g/mol. The summed E-state index contributed by atoms with van der Waals surface area (Å²) in [5, 5.41) is 12.8. The molecule has 0 heterocycles. The number of hydrogen-bond acceptors (Lipinski definition) is 0. The summed E-state index contributed by atoms with van der Waals surface area (Å²) in [7, 11) is 0. The van der Waals surface area contributed by atoms with Gasteiger partial charge in [0, 0.05) is 5.41 Å². The quantitative estimate of drug-likeness (QED) is 0.164. The Labute approximate surface area is 309 Å². The fourth-order valence-electron chi connectivity index (χ4n) is 9.09. The SMILES string of the molecule is CC1(C)c2ccccc2-c2ccc(-c3ccc4cc(-c5ccc6cc(-c7ccc8ccc9c%10ccccc%10ccc9c8c7)ccc6c5)ccc4c3)cc21. The Balaban J connectivity index is 0.905. The van der Waals surface area contributed by atoms with Gasteiger partial charge in [0.15, 0.2) is 0 Å². The average molecular weight is 673 g/mol. The number of hydrogen-bond donors (Lipinski definition) is 0. The predicted octanol–water partition coefficient (Wildman–Crippen LogP) is 14.8. The van der Waals surface area contributed by atoms with Gasteiger partial charge in [-0.05, 0) is 146 Å². The van der Waals surface area contributed by atoms with Crippen LogP contribution in [-0.4, -0.2) is 0 Å². The van der Waals surface area contributed by atoms with E-state index in [1.807, 2.05) is 0 Å². The van der Waals surface area contributed by atoms with Gasteiger partial charge in [0.1, 0.15) is 0 Å². The van der Waals surface area contributed by atoms with Crippen molar-refractivity contribution in [1.82, 2.24) is 0 Å². The molecule has 1 aliphatic rings. The van der Waals surface area contributed by atoms with E-state index >= 15 is 0 Å². The van der Waals surface area contributed by atoms with Gasteiger partial charge >= 0.3 is 0 Å². The van der Waals surface area contributed by atoms with Gasteiger partial charge in [-0.1, -0.05) is 159 Å². The van der Waals surface area contributed by atoms with Crippen molar-refractivity contribution in [3.63, 3.8) is 0 Å². The lowest BCUT2D eigenvalue weighted by Gasteiger charge is -2.22. The first kappa shape index (κ1) is 30.2. The Kier molecular flexibility index (Phi) is 6.40. The van der Waals surface area contributed by atoms with Crippen molar-refractivity contribution in [3.8, 4) is 44.5 Å². The van der Waals surface area contributed by atoms with E-state index in [1.165, 1.54) is 109 Å². The molecular formula is C53H36. The summed E-state index contributed by atoms with van der Waals surface area (Å²) in [5.74, 6) is 0. The third kappa shape index (κ3) is 4.69. The fraction of sp³-hybridized carbons (Fsp3) is 0.0566. The largest absolute Gasteiger partial charge is 0.0619 e. The minimum atomic E-state index is -0.00303. The van der Waals surface area contributed by atoms with E-state index < -0.39 is 0 Å². The van der Waals surface area contributed by atoms with Crippen molar-refractivity contribution < 1.29 is 0 Å². The average Bonchev–Trinajstić information content (AvgIpc) is 3.44. The second-order valence-corrected chi connectivity index (χ2v) is 15.4. The van der Waals surface area contributed by atoms with Crippen LogP contribution in [0.3, 0.4) is 0 Å². The number of rotatable bonds is 3. The second kappa shape index (κ2) is 11.2. The Bertz CT molecular complexity index is 3140. The first-order chi connectivity index (χ1) is 26.0. The van der Waals surface area contributed by atoms with Crippen molar-refractivity contribution in [3.05, 3.63) is 193 Å². The molecule has 10 aromatic carbocycles. The van der Waals surface area contributed by atoms with Crippen LogP contribution in [0, 0.1) is 0 Å². The lowest BCUT2D eigenvalue weighted by atomic mass is 9.81. The molecular weight excluding hydrogens is 637 g/mol. The Morgan fingerprint density at radius 1 is 0.264 bits per heavy atom. The van der Waals surface area contributed by atoms with Gasteiger partial charge in [0.2, 0.25) is 0 Å². The van der Waals surface area contributed by atoms with Crippen LogP contribution in [-0.2, 0) is 5.41 Å². The first-order valence-electron chi connectivity index (χ1n) is 18.7. The van der Waals surface area contributed by atoms with Gasteiger partial charge in [-0.2, -0.15) is 0 Å². The smallest absolute Gasteiger partial charge is 0.0159 e. The molecule has 0 aliphatic heterocycles. The molecule has 0 saturated heterocycles. The fourth-order valence-corrected chi connectivity index (χ4v) is 9.09. The predicted molar refractivity (Wildman–Crippen MR) is 228 cm³/mol. The van der Waals surface area contributed by atoms with E-state index in [0.717, 1.165) is 0 Å². The maximum absolute atomic E-state index is 2.41. The van der Waals surface area contributed by atoms with E-state index in [1.54, 1.807) is 0 Å². The lowest BCUT2D eigenvalue weighted by Crippen LogP contribution is -2.14. The molecule has 0 bridgehead atoms. The standard InChI is InChI=1S/C53H36/c1-53(2)51-10-6-5-9-48(51)49-26-23-44(32-52(49)53)42-20-18-38-28-36(14-16-40(38)30-42)35-13-15-39-29-41(19-17-37(39)27-35)43-12-11-34-22-24-46-45-8-4-3-7-33(45)21-25-47(46)50(34)31-43/h3-32H,1-2H3. The molecule has 0 aromatic heterocycles. The van der Waals surface area contributed by atoms with E-state index in [-0.39, 0.29) is 5.41 Å². The van der Waals surface area contributed by atoms with Gasteiger partial charge < -0.3 is 0 Å². The summed E-state index contributed by atoms with van der Waals surface area (Å²) in [4.78, 5) is 0. The van der Waals surface area contributed by atoms with Crippen LogP contribution in [0.4, 0.5) is 0 Å². The van der Waals surface area contributed by atoms with Crippen molar-refractivity contribution in [1.29, 1.82) is 0 Å². The molecule has 0 atom stereocenters. The highest BCUT2D eigenvalue weighted by atomic mass is 14.4. The normalized spacial score (nSPS) is 13.2. The zero-order chi connectivity index (χ0) is 35.3. The van der Waals surface area contributed by atoms with Crippen molar-refractivity contribution in [2.45, 2.75) is 19.3 Å². The minimum absolute atomic E-state index is 0.00303. The molecule has 0 N–H and O–H groups in total. The highest BCUT2D eigenvalue weighted by Gasteiger charge is 2.35. The first-order valence-corrected chi connectivity index (χ1v) is 18.7. The Morgan fingerprint density at radius 2 is 0.679 bits per heavy atom. The van der Waals surface area contributed by atoms with Crippen LogP contribution in [0.5, 0.6) is 0 Å². The molecule has 0 saturated carbocycles. The molecule has 248 valence electrons. The van der Waals surface area contributed by atoms with Gasteiger partial charge in [0.25, 0.3) is 0 Å². The summed E-state index contributed by atoms with van der Waals surface area (Å²) in [6.45, 7) is 4.70. The van der Waals surface area contributed by atoms with Gasteiger partial charge in [-0.15, -0.1) is 0 Å². The maximum atomic E-state index is 2.41. The third-order valence-corrected chi connectivity index (χ3v) is 12.0. The maximum Gasteiger partial charge on any atom is 0.0159 e. The summed E-state index contributed by atoms with van der Waals surface area (Å²) in [6, 6.07) is 68.1. The molecule has 0 heteroatoms. The summed E-state index contributed by atoms with van der Waals surface area (Å²) >= 11 is 0. The summed E-state index contributed by atoms with van der Waals surface area (Å²) in [5.41, 5.74) is 13.0. The van der Waals surface area contributed by atoms with Crippen molar-refractivity contribution in [2.75, 3.05) is 0 Å². The number of fused-ring (bicyclic) bond motifs is 10. The van der Waals surface area contributed by atoms with Crippen LogP contribution in [0.15, 0.2) is 182 Å². The molecule has 0 radical (unpaired) electrons. The molecule has 0 nitrogen and oxygen atoms in total. The van der Waals surface area contributed by atoms with Gasteiger partial charge in [-0.25, -0.2) is 0 Å². The van der Waals surface area contributed by atoms with E-state index in [2.05, 4.69) is 196 Å². The van der Waals surface area contributed by atoms with Crippen LogP contribution >= 0.6 is 0 Å². The van der Waals surface area contributed by atoms with E-state index in [4.69, 9.17) is 0 Å². The summed E-state index contributed by atoms with van der Waals surface area (Å²) < 4.78 is 0. The molecule has 10 aromatic rings. The van der Waals surface area contributed by atoms with Crippen LogP contribution < -0.4 is 0 Å². The van der Waals surface area contributed by atoms with Crippen molar-refractivity contribution in [2.24, 2.45) is 0 Å². The molecule has 0 spiro atoms. The molecule has 0 fully saturated rings. The second-order valence-electron chi connectivity index (χ2n) is 15.4. The van der Waals surface area contributed by atoms with Gasteiger partial charge in [0.05, 0.1) is 0 Å². The topological polar surface area (TPSA) is 0 Å². The zero-order valence-corrected chi connectivity index (χ0v) is 29.8. The third-order valence-electron chi connectivity index (χ3n) is 12.0. The molecule has 0 unspecified atom stereocenters. The zero-order valence-electron chi connectivity index (χ0n) is 29.8. The van der Waals surface area contributed by atoms with Crippen LogP contribution in [0.2, 0.25) is 0 Å². The Morgan fingerprint density at radius 3 is 1.30 bits per heavy atom. The summed E-state index contributed by atoms with van der Waals surface area (Å²) in [6.07, 6.45) is 0. The van der Waals surface area contributed by atoms with E-state index in [9.17, 15) is 0 Å². The highest BCUT2D eigenvalue weighted by molar-refractivity contribution is 6.17.